The van der Waals surface area contributed by atoms with E-state index in [4.69, 9.17) is 0 Å². The third-order valence-electron chi connectivity index (χ3n) is 4.37. The van der Waals surface area contributed by atoms with E-state index in [1.165, 1.54) is 17.8 Å². The van der Waals surface area contributed by atoms with Crippen LogP contribution < -0.4 is 10.6 Å². The fraction of sp³-hybridized carbons (Fsp3) is 0.0455. The van der Waals surface area contributed by atoms with Gasteiger partial charge in [0.1, 0.15) is 11.6 Å². The molecule has 30 heavy (non-hydrogen) atoms. The van der Waals surface area contributed by atoms with E-state index in [0.29, 0.717) is 17.1 Å². The highest BCUT2D eigenvalue weighted by molar-refractivity contribution is 6.05. The monoisotopic (exact) mass is 396 g/mol. The number of rotatable bonds is 4. The summed E-state index contributed by atoms with van der Waals surface area (Å²) in [5.74, 6) is 0.00808. The molecule has 0 spiro atoms. The van der Waals surface area contributed by atoms with Crippen molar-refractivity contribution in [2.24, 2.45) is 0 Å². The van der Waals surface area contributed by atoms with Gasteiger partial charge in [-0.2, -0.15) is 15.0 Å². The minimum atomic E-state index is -0.443. The normalized spacial score (nSPS) is 10.4. The number of carbonyl (C=O) groups is 2. The van der Waals surface area contributed by atoms with Gasteiger partial charge in [0.25, 0.3) is 5.91 Å². The van der Waals surface area contributed by atoms with Crippen molar-refractivity contribution in [2.45, 2.75) is 6.92 Å². The van der Waals surface area contributed by atoms with Crippen molar-refractivity contribution in [3.05, 3.63) is 78.0 Å². The lowest BCUT2D eigenvalue weighted by molar-refractivity contribution is -0.114. The molecule has 0 saturated heterocycles. The number of carbonyl (C=O) groups excluding carboxylic acids is 2. The van der Waals surface area contributed by atoms with Crippen LogP contribution in [0.2, 0.25) is 0 Å². The second kappa shape index (κ2) is 7.85. The third kappa shape index (κ3) is 3.72. The van der Waals surface area contributed by atoms with Crippen molar-refractivity contribution in [1.29, 1.82) is 5.26 Å². The molecule has 0 aliphatic rings. The third-order valence-corrected chi connectivity index (χ3v) is 4.37. The number of fused-ring (bicyclic) bond motifs is 1. The van der Waals surface area contributed by atoms with Crippen LogP contribution in [0.15, 0.2) is 66.9 Å². The summed E-state index contributed by atoms with van der Waals surface area (Å²) in [6.45, 7) is 1.39. The summed E-state index contributed by atoms with van der Waals surface area (Å²) < 4.78 is 1.42. The summed E-state index contributed by atoms with van der Waals surface area (Å²) in [5.41, 5.74) is 1.80. The van der Waals surface area contributed by atoms with Crippen LogP contribution in [0.4, 0.5) is 11.5 Å². The maximum Gasteiger partial charge on any atom is 0.256 e. The minimum absolute atomic E-state index is 0.205. The molecular weight excluding hydrogens is 380 g/mol. The van der Waals surface area contributed by atoms with E-state index in [2.05, 4.69) is 20.7 Å². The number of nitrogens with one attached hydrogen (secondary N) is 2. The Morgan fingerprint density at radius 3 is 2.67 bits per heavy atom. The van der Waals surface area contributed by atoms with Gasteiger partial charge in [-0.1, -0.05) is 24.3 Å². The van der Waals surface area contributed by atoms with Gasteiger partial charge in [0.05, 0.1) is 11.7 Å². The summed E-state index contributed by atoms with van der Waals surface area (Å²) >= 11 is 0. The second-order valence-corrected chi connectivity index (χ2v) is 6.51. The van der Waals surface area contributed by atoms with E-state index in [9.17, 15) is 14.9 Å². The summed E-state index contributed by atoms with van der Waals surface area (Å²) in [6.07, 6.45) is 1.38. The molecule has 8 heteroatoms. The van der Waals surface area contributed by atoms with Crippen LogP contribution in [0.1, 0.15) is 22.8 Å². The summed E-state index contributed by atoms with van der Waals surface area (Å²) in [4.78, 5) is 28.7. The number of nitrogens with zero attached hydrogens (tertiary/aromatic N) is 4. The van der Waals surface area contributed by atoms with Crippen LogP contribution in [0.5, 0.6) is 0 Å². The predicted molar refractivity (Wildman–Crippen MR) is 112 cm³/mol. The maximum atomic E-state index is 12.8. The van der Waals surface area contributed by atoms with Crippen molar-refractivity contribution >= 4 is 34.2 Å². The van der Waals surface area contributed by atoms with E-state index in [-0.39, 0.29) is 17.3 Å². The molecule has 2 aromatic carbocycles. The molecule has 2 aromatic heterocycles. The number of hydrogen-bond acceptors (Lipinski definition) is 5. The van der Waals surface area contributed by atoms with E-state index >= 15 is 0 Å². The molecule has 2 amide bonds. The van der Waals surface area contributed by atoms with Crippen molar-refractivity contribution in [3.63, 3.8) is 0 Å². The Labute approximate surface area is 171 Å². The molecule has 2 heterocycles. The van der Waals surface area contributed by atoms with E-state index in [1.54, 1.807) is 30.3 Å². The molecule has 4 rings (SSSR count). The average Bonchev–Trinajstić information content (AvgIpc) is 3.15. The molecule has 0 bridgehead atoms. The Balaban J connectivity index is 1.69. The molecule has 0 atom stereocenters. The van der Waals surface area contributed by atoms with Crippen LogP contribution in [-0.4, -0.2) is 26.6 Å². The number of benzene rings is 2. The molecule has 0 saturated carbocycles. The number of anilines is 2. The van der Waals surface area contributed by atoms with Crippen molar-refractivity contribution < 1.29 is 9.59 Å². The lowest BCUT2D eigenvalue weighted by atomic mass is 10.2. The van der Waals surface area contributed by atoms with Gasteiger partial charge >= 0.3 is 0 Å². The van der Waals surface area contributed by atoms with Crippen molar-refractivity contribution in [1.82, 2.24) is 14.8 Å². The minimum Gasteiger partial charge on any atom is -0.326 e. The number of aromatic nitrogens is 3. The molecular formula is C22H16N6O2. The number of nitriles is 1. The molecule has 0 fully saturated rings. The summed E-state index contributed by atoms with van der Waals surface area (Å²) in [5, 5.41) is 20.0. The molecule has 8 nitrogen and oxygen atoms in total. The Hall–Kier alpha value is -4.51. The first-order valence-electron chi connectivity index (χ1n) is 9.08. The first-order chi connectivity index (χ1) is 14.5. The number of para-hydroxylation sites is 1. The van der Waals surface area contributed by atoms with Crippen LogP contribution >= 0.6 is 0 Å². The van der Waals surface area contributed by atoms with Crippen molar-refractivity contribution in [2.75, 3.05) is 10.6 Å². The van der Waals surface area contributed by atoms with Crippen LogP contribution in [0, 0.1) is 11.3 Å². The fourth-order valence-electron chi connectivity index (χ4n) is 3.02. The lowest BCUT2D eigenvalue weighted by Crippen LogP contribution is -2.17. The van der Waals surface area contributed by atoms with E-state index < -0.39 is 5.91 Å². The predicted octanol–water partition coefficient (Wildman–Crippen LogP) is 3.50. The largest absolute Gasteiger partial charge is 0.326 e. The molecule has 2 N–H and O–H groups in total. The first-order valence-corrected chi connectivity index (χ1v) is 9.08. The lowest BCUT2D eigenvalue weighted by Gasteiger charge is -2.10. The first kappa shape index (κ1) is 18.8. The maximum absolute atomic E-state index is 12.8. The van der Waals surface area contributed by atoms with E-state index in [1.807, 2.05) is 36.4 Å². The Morgan fingerprint density at radius 1 is 1.03 bits per heavy atom. The highest BCUT2D eigenvalue weighted by atomic mass is 16.2. The highest BCUT2D eigenvalue weighted by Gasteiger charge is 2.17. The van der Waals surface area contributed by atoms with Gasteiger partial charge in [-0.3, -0.25) is 9.59 Å². The SMILES string of the molecule is CC(=O)Nc1cccc(C(=O)Nc2c(C#N)cnn2-c2ccc3ccccc3n2)c1. The van der Waals surface area contributed by atoms with E-state index in [0.717, 1.165) is 10.9 Å². The van der Waals surface area contributed by atoms with Crippen LogP contribution in [0.25, 0.3) is 16.7 Å². The fourth-order valence-corrected chi connectivity index (χ4v) is 3.02. The smallest absolute Gasteiger partial charge is 0.256 e. The zero-order valence-electron chi connectivity index (χ0n) is 16.0. The van der Waals surface area contributed by atoms with Gasteiger partial charge in [0.15, 0.2) is 11.6 Å². The molecule has 0 unspecified atom stereocenters. The molecule has 0 aliphatic carbocycles. The topological polar surface area (TPSA) is 113 Å². The number of pyridine rings is 1. The quantitative estimate of drug-likeness (QED) is 0.548. The van der Waals surface area contributed by atoms with Gasteiger partial charge in [0.2, 0.25) is 5.91 Å². The van der Waals surface area contributed by atoms with Gasteiger partial charge in [-0.25, -0.2) is 4.98 Å². The van der Waals surface area contributed by atoms with Crippen LogP contribution in [0.3, 0.4) is 0 Å². The molecule has 4 aromatic rings. The Bertz CT molecular complexity index is 1320. The number of hydrogen-bond donors (Lipinski definition) is 2. The highest BCUT2D eigenvalue weighted by Crippen LogP contribution is 2.22. The zero-order valence-corrected chi connectivity index (χ0v) is 16.0. The summed E-state index contributed by atoms with van der Waals surface area (Å²) in [7, 11) is 0. The van der Waals surface area contributed by atoms with Gasteiger partial charge < -0.3 is 10.6 Å². The van der Waals surface area contributed by atoms with Gasteiger partial charge in [-0.15, -0.1) is 0 Å². The standard InChI is InChI=1S/C22H16N6O2/c1-14(29)25-18-7-4-6-16(11-18)22(30)27-21-17(12-23)13-24-28(21)20-10-9-15-5-2-3-8-19(15)26-20/h2-11,13H,1H3,(H,25,29)(H,27,30). The van der Waals surface area contributed by atoms with Gasteiger partial charge in [-0.05, 0) is 36.4 Å². The average molecular weight is 396 g/mol. The molecule has 0 radical (unpaired) electrons. The number of amides is 2. The van der Waals surface area contributed by atoms with Gasteiger partial charge in [0, 0.05) is 23.6 Å². The molecule has 0 aliphatic heterocycles. The zero-order chi connectivity index (χ0) is 21.1. The molecule has 146 valence electrons. The summed E-state index contributed by atoms with van der Waals surface area (Å²) in [6, 6.07) is 19.8. The Kier molecular flexibility index (Phi) is 4.93. The second-order valence-electron chi connectivity index (χ2n) is 6.51. The van der Waals surface area contributed by atoms with Crippen LogP contribution in [-0.2, 0) is 4.79 Å². The van der Waals surface area contributed by atoms with Crippen molar-refractivity contribution in [3.8, 4) is 11.9 Å². The Morgan fingerprint density at radius 2 is 1.87 bits per heavy atom.